The largest absolute Gasteiger partial charge is 0.263 e. The first-order chi connectivity index (χ1) is 4.70. The number of halogens is 2. The van der Waals surface area contributed by atoms with Crippen LogP contribution in [0.5, 0.6) is 0 Å². The molecule has 1 aromatic rings. The average molecular weight is 265 g/mol. The van der Waals surface area contributed by atoms with E-state index in [1.54, 1.807) is 6.20 Å². The van der Waals surface area contributed by atoms with Gasteiger partial charge < -0.3 is 0 Å². The molecule has 54 valence electrons. The highest BCUT2D eigenvalue weighted by molar-refractivity contribution is 9.10. The van der Waals surface area contributed by atoms with Gasteiger partial charge in [-0.2, -0.15) is 0 Å². The van der Waals surface area contributed by atoms with Crippen molar-refractivity contribution in [2.24, 2.45) is 0 Å². The molecule has 3 heteroatoms. The number of pyridine rings is 1. The Balaban J connectivity index is 2.96. The van der Waals surface area contributed by atoms with Crippen LogP contribution in [0.1, 0.15) is 17.3 Å². The molecule has 0 amide bonds. The van der Waals surface area contributed by atoms with Crippen LogP contribution in [0, 0.1) is 0 Å². The molecule has 10 heavy (non-hydrogen) atoms. The second-order valence-electron chi connectivity index (χ2n) is 2.05. The van der Waals surface area contributed by atoms with E-state index in [0.29, 0.717) is 4.83 Å². The third kappa shape index (κ3) is 2.06. The summed E-state index contributed by atoms with van der Waals surface area (Å²) in [6.07, 6.45) is 3.63. The molecule has 1 atom stereocenters. The average Bonchev–Trinajstić information content (AvgIpc) is 1.88. The Morgan fingerprint density at radius 2 is 2.20 bits per heavy atom. The van der Waals surface area contributed by atoms with E-state index in [1.165, 1.54) is 5.56 Å². The highest BCUT2D eigenvalue weighted by Crippen LogP contribution is 2.22. The van der Waals surface area contributed by atoms with Crippen molar-refractivity contribution < 1.29 is 0 Å². The zero-order chi connectivity index (χ0) is 7.56. The fourth-order valence-corrected chi connectivity index (χ4v) is 1.28. The van der Waals surface area contributed by atoms with Gasteiger partial charge in [-0.3, -0.25) is 4.98 Å². The van der Waals surface area contributed by atoms with Crippen LogP contribution in [0.2, 0.25) is 0 Å². The molecule has 1 nitrogen and oxygen atoms in total. The van der Waals surface area contributed by atoms with Gasteiger partial charge in [0.15, 0.2) is 0 Å². The summed E-state index contributed by atoms with van der Waals surface area (Å²) in [6, 6.07) is 2.05. The molecular formula is C7H7Br2N. The summed E-state index contributed by atoms with van der Waals surface area (Å²) in [4.78, 5) is 4.40. The van der Waals surface area contributed by atoms with E-state index in [-0.39, 0.29) is 0 Å². The number of hydrogen-bond donors (Lipinski definition) is 0. The van der Waals surface area contributed by atoms with Gasteiger partial charge in [0.1, 0.15) is 0 Å². The van der Waals surface area contributed by atoms with E-state index in [0.717, 1.165) is 4.47 Å². The topological polar surface area (TPSA) is 12.9 Å². The predicted octanol–water partition coefficient (Wildman–Crippen LogP) is 3.30. The smallest absolute Gasteiger partial charge is 0.0410 e. The Bertz CT molecular complexity index is 223. The van der Waals surface area contributed by atoms with Gasteiger partial charge in [-0.15, -0.1) is 0 Å². The molecule has 0 saturated heterocycles. The number of hydrogen-bond acceptors (Lipinski definition) is 1. The molecule has 0 aliphatic heterocycles. The van der Waals surface area contributed by atoms with Gasteiger partial charge >= 0.3 is 0 Å². The van der Waals surface area contributed by atoms with Crippen molar-refractivity contribution in [1.82, 2.24) is 4.98 Å². The van der Waals surface area contributed by atoms with Gasteiger partial charge in [-0.05, 0) is 34.5 Å². The van der Waals surface area contributed by atoms with Gasteiger partial charge in [-0.1, -0.05) is 15.9 Å². The van der Waals surface area contributed by atoms with Crippen LogP contribution in [-0.2, 0) is 0 Å². The van der Waals surface area contributed by atoms with Crippen molar-refractivity contribution in [1.29, 1.82) is 0 Å². The Hall–Kier alpha value is 0.110. The molecule has 0 aromatic carbocycles. The fraction of sp³-hybridized carbons (Fsp3) is 0.286. The molecular weight excluding hydrogens is 258 g/mol. The first kappa shape index (κ1) is 8.21. The van der Waals surface area contributed by atoms with E-state index in [2.05, 4.69) is 43.8 Å². The molecule has 0 radical (unpaired) electrons. The van der Waals surface area contributed by atoms with Gasteiger partial charge in [0, 0.05) is 21.7 Å². The maximum Gasteiger partial charge on any atom is 0.0410 e. The minimum absolute atomic E-state index is 0.373. The second-order valence-corrected chi connectivity index (χ2v) is 4.34. The number of aromatic nitrogens is 1. The molecule has 1 rings (SSSR count). The van der Waals surface area contributed by atoms with Crippen molar-refractivity contribution in [2.75, 3.05) is 0 Å². The Morgan fingerprint density at radius 3 is 2.60 bits per heavy atom. The van der Waals surface area contributed by atoms with Crippen LogP contribution in [0.15, 0.2) is 22.9 Å². The molecule has 0 fully saturated rings. The van der Waals surface area contributed by atoms with Crippen molar-refractivity contribution in [2.45, 2.75) is 11.8 Å². The fourth-order valence-electron chi connectivity index (χ4n) is 0.646. The SMILES string of the molecule is C[C@H](Br)c1cncc(Br)c1. The van der Waals surface area contributed by atoms with E-state index in [4.69, 9.17) is 0 Å². The zero-order valence-corrected chi connectivity index (χ0v) is 8.68. The van der Waals surface area contributed by atoms with Crippen LogP contribution in [0.4, 0.5) is 0 Å². The molecule has 0 aliphatic carbocycles. The lowest BCUT2D eigenvalue weighted by Gasteiger charge is -2.01. The third-order valence-corrected chi connectivity index (χ3v) is 2.15. The number of alkyl halides is 1. The summed E-state index contributed by atoms with van der Waals surface area (Å²) >= 11 is 6.80. The molecule has 1 aromatic heterocycles. The Kier molecular flexibility index (Phi) is 2.86. The molecule has 0 aliphatic rings. The predicted molar refractivity (Wildman–Crippen MR) is 49.3 cm³/mol. The molecule has 0 saturated carbocycles. The number of rotatable bonds is 1. The second kappa shape index (κ2) is 3.49. The highest BCUT2D eigenvalue weighted by Gasteiger charge is 1.99. The zero-order valence-electron chi connectivity index (χ0n) is 5.51. The first-order valence-electron chi connectivity index (χ1n) is 2.94. The van der Waals surface area contributed by atoms with Crippen molar-refractivity contribution in [3.8, 4) is 0 Å². The summed E-state index contributed by atoms with van der Waals surface area (Å²) in [5, 5.41) is 0. The highest BCUT2D eigenvalue weighted by atomic mass is 79.9. The quantitative estimate of drug-likeness (QED) is 0.710. The van der Waals surface area contributed by atoms with E-state index in [9.17, 15) is 0 Å². The maximum absolute atomic E-state index is 4.03. The van der Waals surface area contributed by atoms with Crippen LogP contribution >= 0.6 is 31.9 Å². The lowest BCUT2D eigenvalue weighted by Crippen LogP contribution is -1.84. The van der Waals surface area contributed by atoms with Crippen molar-refractivity contribution >= 4 is 31.9 Å². The lowest BCUT2D eigenvalue weighted by molar-refractivity contribution is 1.08. The van der Waals surface area contributed by atoms with Crippen molar-refractivity contribution in [3.63, 3.8) is 0 Å². The summed E-state index contributed by atoms with van der Waals surface area (Å²) in [6.45, 7) is 2.07. The third-order valence-electron chi connectivity index (χ3n) is 1.19. The van der Waals surface area contributed by atoms with E-state index >= 15 is 0 Å². The molecule has 0 unspecified atom stereocenters. The van der Waals surface area contributed by atoms with Gasteiger partial charge in [-0.25, -0.2) is 0 Å². The standard InChI is InChI=1S/C7H7Br2N/c1-5(8)6-2-7(9)4-10-3-6/h2-5H,1H3/t5-/m0/s1. The van der Waals surface area contributed by atoms with E-state index < -0.39 is 0 Å². The monoisotopic (exact) mass is 263 g/mol. The van der Waals surface area contributed by atoms with Gasteiger partial charge in [0.25, 0.3) is 0 Å². The van der Waals surface area contributed by atoms with E-state index in [1.807, 2.05) is 12.3 Å². The van der Waals surface area contributed by atoms with Crippen LogP contribution in [-0.4, -0.2) is 4.98 Å². The molecule has 1 heterocycles. The maximum atomic E-state index is 4.03. The van der Waals surface area contributed by atoms with Crippen LogP contribution in [0.25, 0.3) is 0 Å². The molecule has 0 N–H and O–H groups in total. The van der Waals surface area contributed by atoms with Gasteiger partial charge in [0.05, 0.1) is 0 Å². The first-order valence-corrected chi connectivity index (χ1v) is 4.65. The normalized spacial score (nSPS) is 13.1. The Labute approximate surface area is 77.1 Å². The van der Waals surface area contributed by atoms with Gasteiger partial charge in [0.2, 0.25) is 0 Å². The lowest BCUT2D eigenvalue weighted by atomic mass is 10.2. The minimum Gasteiger partial charge on any atom is -0.263 e. The summed E-state index contributed by atoms with van der Waals surface area (Å²) in [5.74, 6) is 0. The summed E-state index contributed by atoms with van der Waals surface area (Å²) in [7, 11) is 0. The Morgan fingerprint density at radius 1 is 1.50 bits per heavy atom. The summed E-state index contributed by atoms with van der Waals surface area (Å²) in [5.41, 5.74) is 1.19. The van der Waals surface area contributed by atoms with Crippen LogP contribution in [0.3, 0.4) is 0 Å². The summed E-state index contributed by atoms with van der Waals surface area (Å²) < 4.78 is 1.02. The minimum atomic E-state index is 0.373. The molecule has 0 spiro atoms. The molecule has 0 bridgehead atoms. The van der Waals surface area contributed by atoms with Crippen LogP contribution < -0.4 is 0 Å². The number of nitrogens with zero attached hydrogens (tertiary/aromatic N) is 1. The van der Waals surface area contributed by atoms with Crippen molar-refractivity contribution in [3.05, 3.63) is 28.5 Å².